The smallest absolute Gasteiger partial charge is 0.0765 e. The van der Waals surface area contributed by atoms with E-state index in [-0.39, 0.29) is 0 Å². The zero-order valence-corrected chi connectivity index (χ0v) is 15.8. The molecule has 0 amide bonds. The summed E-state index contributed by atoms with van der Waals surface area (Å²) in [6.07, 6.45) is 27.7. The molecule has 2 N–H and O–H groups in total. The fourth-order valence-corrected chi connectivity index (χ4v) is 3.42. The van der Waals surface area contributed by atoms with Gasteiger partial charge in [-0.2, -0.15) is 0 Å². The zero-order chi connectivity index (χ0) is 16.4. The standard InChI is InChI=1S/C21H42N2/c1-2-3-4-5-6-7-8-9-10-11-12-13-14-15-16-18-21-22-19-17-20-23-21/h17,19,21-23H,2-16,18,20H2,1H3. The van der Waals surface area contributed by atoms with E-state index >= 15 is 0 Å². The second-order valence-electron chi connectivity index (χ2n) is 7.27. The van der Waals surface area contributed by atoms with E-state index < -0.39 is 0 Å². The molecule has 0 aliphatic carbocycles. The first kappa shape index (κ1) is 20.5. The van der Waals surface area contributed by atoms with Crippen LogP contribution in [0.2, 0.25) is 0 Å². The molecule has 0 aromatic heterocycles. The van der Waals surface area contributed by atoms with Crippen LogP contribution in [-0.4, -0.2) is 12.7 Å². The van der Waals surface area contributed by atoms with Gasteiger partial charge >= 0.3 is 0 Å². The maximum atomic E-state index is 3.47. The lowest BCUT2D eigenvalue weighted by molar-refractivity contribution is 0.423. The molecule has 2 heteroatoms. The highest BCUT2D eigenvalue weighted by Crippen LogP contribution is 2.14. The summed E-state index contributed by atoms with van der Waals surface area (Å²) in [5.74, 6) is 0. The Balaban J connectivity index is 1.67. The first-order chi connectivity index (χ1) is 11.4. The molecule has 0 fully saturated rings. The molecule has 0 aromatic rings. The minimum atomic E-state index is 0.516. The minimum absolute atomic E-state index is 0.516. The van der Waals surface area contributed by atoms with Crippen LogP contribution >= 0.6 is 0 Å². The molecule has 1 unspecified atom stereocenters. The number of rotatable bonds is 16. The Kier molecular flexibility index (Phi) is 14.6. The minimum Gasteiger partial charge on any atom is -0.376 e. The van der Waals surface area contributed by atoms with Crippen molar-refractivity contribution in [3.63, 3.8) is 0 Å². The summed E-state index contributed by atoms with van der Waals surface area (Å²) >= 11 is 0. The fraction of sp³-hybridized carbons (Fsp3) is 0.905. The van der Waals surface area contributed by atoms with Gasteiger partial charge < -0.3 is 5.32 Å². The van der Waals surface area contributed by atoms with E-state index in [1.165, 1.54) is 103 Å². The first-order valence-corrected chi connectivity index (χ1v) is 10.6. The summed E-state index contributed by atoms with van der Waals surface area (Å²) in [6, 6.07) is 0. The highest BCUT2D eigenvalue weighted by Gasteiger charge is 2.06. The van der Waals surface area contributed by atoms with E-state index in [1.54, 1.807) is 0 Å². The van der Waals surface area contributed by atoms with E-state index in [4.69, 9.17) is 0 Å². The lowest BCUT2D eigenvalue weighted by Crippen LogP contribution is -2.42. The predicted molar refractivity (Wildman–Crippen MR) is 104 cm³/mol. The Morgan fingerprint density at radius 3 is 1.61 bits per heavy atom. The third-order valence-electron chi connectivity index (χ3n) is 4.99. The van der Waals surface area contributed by atoms with E-state index in [0.717, 1.165) is 6.54 Å². The maximum absolute atomic E-state index is 3.47. The van der Waals surface area contributed by atoms with Crippen LogP contribution < -0.4 is 10.6 Å². The molecule has 0 spiro atoms. The van der Waals surface area contributed by atoms with Crippen molar-refractivity contribution < 1.29 is 0 Å². The SMILES string of the molecule is CCCCCCCCCCCCCCCCCC1NC=CCN1. The van der Waals surface area contributed by atoms with Crippen LogP contribution in [0.15, 0.2) is 12.3 Å². The van der Waals surface area contributed by atoms with E-state index in [1.807, 2.05) is 0 Å². The predicted octanol–water partition coefficient (Wildman–Crippen LogP) is 6.28. The van der Waals surface area contributed by atoms with Gasteiger partial charge in [0.25, 0.3) is 0 Å². The molecule has 1 rings (SSSR count). The van der Waals surface area contributed by atoms with E-state index in [0.29, 0.717) is 6.17 Å². The van der Waals surface area contributed by atoms with E-state index in [2.05, 4.69) is 29.8 Å². The molecular formula is C21H42N2. The molecule has 1 heterocycles. The van der Waals surface area contributed by atoms with Crippen molar-refractivity contribution in [3.8, 4) is 0 Å². The van der Waals surface area contributed by atoms with Gasteiger partial charge in [-0.3, -0.25) is 5.32 Å². The molecule has 1 aliphatic heterocycles. The van der Waals surface area contributed by atoms with Crippen LogP contribution in [-0.2, 0) is 0 Å². The third-order valence-corrected chi connectivity index (χ3v) is 4.99. The second-order valence-corrected chi connectivity index (χ2v) is 7.27. The Hall–Kier alpha value is -0.500. The topological polar surface area (TPSA) is 24.1 Å². The summed E-state index contributed by atoms with van der Waals surface area (Å²) in [5.41, 5.74) is 0. The second kappa shape index (κ2) is 16.4. The summed E-state index contributed by atoms with van der Waals surface area (Å²) in [5, 5.41) is 6.85. The molecule has 1 atom stereocenters. The molecule has 2 nitrogen and oxygen atoms in total. The van der Waals surface area contributed by atoms with Gasteiger partial charge in [0.2, 0.25) is 0 Å². The summed E-state index contributed by atoms with van der Waals surface area (Å²) < 4.78 is 0. The van der Waals surface area contributed by atoms with Crippen molar-refractivity contribution in [2.75, 3.05) is 6.54 Å². The lowest BCUT2D eigenvalue weighted by atomic mass is 10.0. The van der Waals surface area contributed by atoms with Gasteiger partial charge in [-0.1, -0.05) is 109 Å². The van der Waals surface area contributed by atoms with Crippen molar-refractivity contribution in [3.05, 3.63) is 12.3 Å². The fourth-order valence-electron chi connectivity index (χ4n) is 3.42. The van der Waals surface area contributed by atoms with Crippen molar-refractivity contribution >= 4 is 0 Å². The monoisotopic (exact) mass is 322 g/mol. The van der Waals surface area contributed by atoms with Crippen molar-refractivity contribution in [1.29, 1.82) is 0 Å². The average molecular weight is 323 g/mol. The largest absolute Gasteiger partial charge is 0.376 e. The van der Waals surface area contributed by atoms with Gasteiger partial charge in [0.15, 0.2) is 0 Å². The first-order valence-electron chi connectivity index (χ1n) is 10.6. The number of nitrogens with one attached hydrogen (secondary N) is 2. The molecule has 0 aromatic carbocycles. The summed E-state index contributed by atoms with van der Waals surface area (Å²) in [6.45, 7) is 3.32. The Morgan fingerprint density at radius 1 is 0.696 bits per heavy atom. The van der Waals surface area contributed by atoms with Crippen molar-refractivity contribution in [2.45, 2.75) is 116 Å². The van der Waals surface area contributed by atoms with Gasteiger partial charge in [0, 0.05) is 6.54 Å². The molecule has 1 aliphatic rings. The van der Waals surface area contributed by atoms with Gasteiger partial charge in [0.05, 0.1) is 6.17 Å². The highest BCUT2D eigenvalue weighted by molar-refractivity contribution is 4.90. The Morgan fingerprint density at radius 2 is 1.17 bits per heavy atom. The molecular weight excluding hydrogens is 280 g/mol. The molecule has 0 radical (unpaired) electrons. The van der Waals surface area contributed by atoms with E-state index in [9.17, 15) is 0 Å². The maximum Gasteiger partial charge on any atom is 0.0765 e. The molecule has 0 saturated carbocycles. The normalized spacial score (nSPS) is 17.3. The number of unbranched alkanes of at least 4 members (excludes halogenated alkanes) is 14. The average Bonchev–Trinajstić information content (AvgIpc) is 2.59. The van der Waals surface area contributed by atoms with Gasteiger partial charge in [-0.25, -0.2) is 0 Å². The van der Waals surface area contributed by atoms with Gasteiger partial charge in [-0.05, 0) is 12.6 Å². The summed E-state index contributed by atoms with van der Waals surface area (Å²) in [4.78, 5) is 0. The zero-order valence-electron chi connectivity index (χ0n) is 15.8. The van der Waals surface area contributed by atoms with Gasteiger partial charge in [-0.15, -0.1) is 0 Å². The number of hydrogen-bond acceptors (Lipinski definition) is 2. The molecule has 136 valence electrons. The van der Waals surface area contributed by atoms with Crippen LogP contribution in [0.1, 0.15) is 110 Å². The highest BCUT2D eigenvalue weighted by atomic mass is 15.1. The molecule has 23 heavy (non-hydrogen) atoms. The van der Waals surface area contributed by atoms with Crippen LogP contribution in [0.5, 0.6) is 0 Å². The van der Waals surface area contributed by atoms with Crippen LogP contribution in [0, 0.1) is 0 Å². The van der Waals surface area contributed by atoms with Gasteiger partial charge in [0.1, 0.15) is 0 Å². The third kappa shape index (κ3) is 13.6. The van der Waals surface area contributed by atoms with Crippen LogP contribution in [0.3, 0.4) is 0 Å². The van der Waals surface area contributed by atoms with Crippen LogP contribution in [0.4, 0.5) is 0 Å². The quantitative estimate of drug-likeness (QED) is 0.327. The Labute approximate surface area is 145 Å². The van der Waals surface area contributed by atoms with Crippen LogP contribution in [0.25, 0.3) is 0 Å². The van der Waals surface area contributed by atoms with Crippen molar-refractivity contribution in [2.24, 2.45) is 0 Å². The molecule has 0 bridgehead atoms. The van der Waals surface area contributed by atoms with Crippen molar-refractivity contribution in [1.82, 2.24) is 10.6 Å². The molecule has 0 saturated heterocycles. The number of hydrogen-bond donors (Lipinski definition) is 2. The lowest BCUT2D eigenvalue weighted by Gasteiger charge is -2.21. The summed E-state index contributed by atoms with van der Waals surface area (Å²) in [7, 11) is 0. The Bertz CT molecular complexity index is 263.